The van der Waals surface area contributed by atoms with Crippen LogP contribution < -0.4 is 4.74 Å². The second-order valence-corrected chi connectivity index (χ2v) is 8.38. The summed E-state index contributed by atoms with van der Waals surface area (Å²) >= 11 is 0. The zero-order valence-corrected chi connectivity index (χ0v) is 17.1. The van der Waals surface area contributed by atoms with E-state index in [4.69, 9.17) is 4.74 Å². The van der Waals surface area contributed by atoms with Crippen LogP contribution in [0.4, 0.5) is 0 Å². The van der Waals surface area contributed by atoms with Gasteiger partial charge < -0.3 is 14.7 Å². The molecule has 1 aromatic carbocycles. The molecule has 29 heavy (non-hydrogen) atoms. The minimum atomic E-state index is -0.503. The van der Waals surface area contributed by atoms with Crippen LogP contribution in [-0.4, -0.2) is 41.1 Å². The number of carbonyl (C=O) groups excluding carboxylic acids is 1. The summed E-state index contributed by atoms with van der Waals surface area (Å²) in [5.41, 5.74) is 1.57. The molecular weight excluding hydrogens is 364 g/mol. The first kappa shape index (κ1) is 19.9. The van der Waals surface area contributed by atoms with E-state index in [9.17, 15) is 9.90 Å². The Bertz CT molecular complexity index is 808. The maximum Gasteiger partial charge on any atom is 0.233 e. The largest absolute Gasteiger partial charge is 0.497 e. The van der Waals surface area contributed by atoms with E-state index in [0.717, 1.165) is 55.4 Å². The Hall–Kier alpha value is -2.40. The van der Waals surface area contributed by atoms with Crippen molar-refractivity contribution in [3.05, 3.63) is 59.9 Å². The molecule has 2 heterocycles. The monoisotopic (exact) mass is 394 g/mol. The maximum absolute atomic E-state index is 13.6. The van der Waals surface area contributed by atoms with Gasteiger partial charge in [-0.25, -0.2) is 0 Å². The first-order chi connectivity index (χ1) is 14.1. The summed E-state index contributed by atoms with van der Waals surface area (Å²) in [5, 5.41) is 10.8. The Labute approximate surface area is 172 Å². The van der Waals surface area contributed by atoms with Gasteiger partial charge in [0.15, 0.2) is 0 Å². The molecule has 1 N–H and O–H groups in total. The van der Waals surface area contributed by atoms with Gasteiger partial charge >= 0.3 is 0 Å². The Balaban J connectivity index is 1.42. The van der Waals surface area contributed by atoms with Gasteiger partial charge in [-0.3, -0.25) is 9.78 Å². The van der Waals surface area contributed by atoms with Gasteiger partial charge in [0.25, 0.3) is 0 Å². The number of aromatic nitrogens is 1. The Morgan fingerprint density at radius 3 is 2.45 bits per heavy atom. The van der Waals surface area contributed by atoms with Crippen LogP contribution in [0, 0.1) is 5.92 Å². The lowest BCUT2D eigenvalue weighted by molar-refractivity contribution is -0.139. The van der Waals surface area contributed by atoms with Crippen molar-refractivity contribution in [3.63, 3.8) is 0 Å². The fourth-order valence-electron chi connectivity index (χ4n) is 5.04. The van der Waals surface area contributed by atoms with Gasteiger partial charge in [-0.1, -0.05) is 31.0 Å². The molecule has 1 saturated heterocycles. The first-order valence-electron chi connectivity index (χ1n) is 10.7. The second-order valence-electron chi connectivity index (χ2n) is 8.38. The van der Waals surface area contributed by atoms with Crippen LogP contribution in [-0.2, 0) is 10.2 Å². The minimum absolute atomic E-state index is 0.172. The Morgan fingerprint density at radius 1 is 1.17 bits per heavy atom. The molecule has 1 aliphatic heterocycles. The van der Waals surface area contributed by atoms with Gasteiger partial charge in [-0.2, -0.15) is 0 Å². The number of rotatable bonds is 5. The zero-order valence-electron chi connectivity index (χ0n) is 17.1. The normalized spacial score (nSPS) is 20.4. The number of hydrogen-bond donors (Lipinski definition) is 1. The van der Waals surface area contributed by atoms with E-state index < -0.39 is 11.5 Å². The predicted molar refractivity (Wildman–Crippen MR) is 112 cm³/mol. The molecule has 1 amide bonds. The van der Waals surface area contributed by atoms with Crippen molar-refractivity contribution in [2.45, 2.75) is 50.0 Å². The second kappa shape index (κ2) is 8.54. The molecule has 154 valence electrons. The number of carbonyl (C=O) groups is 1. The highest BCUT2D eigenvalue weighted by atomic mass is 16.5. The van der Waals surface area contributed by atoms with E-state index >= 15 is 0 Å². The van der Waals surface area contributed by atoms with Crippen molar-refractivity contribution >= 4 is 5.91 Å². The topological polar surface area (TPSA) is 62.7 Å². The number of piperidine rings is 1. The molecule has 1 saturated carbocycles. The number of benzene rings is 1. The van der Waals surface area contributed by atoms with Crippen molar-refractivity contribution in [2.24, 2.45) is 5.92 Å². The molecule has 4 rings (SSSR count). The number of aliphatic hydroxyl groups is 1. The molecule has 1 atom stereocenters. The molecular formula is C24H30N2O3. The number of amides is 1. The molecule has 2 aromatic rings. The smallest absolute Gasteiger partial charge is 0.233 e. The van der Waals surface area contributed by atoms with Crippen molar-refractivity contribution in [1.29, 1.82) is 0 Å². The molecule has 5 nitrogen and oxygen atoms in total. The minimum Gasteiger partial charge on any atom is -0.497 e. The van der Waals surface area contributed by atoms with Crippen LogP contribution in [0.5, 0.6) is 5.75 Å². The third-order valence-corrected chi connectivity index (χ3v) is 6.81. The number of aliphatic hydroxyl groups excluding tert-OH is 1. The average Bonchev–Trinajstić information content (AvgIpc) is 3.30. The molecule has 0 spiro atoms. The average molecular weight is 395 g/mol. The van der Waals surface area contributed by atoms with E-state index in [1.807, 2.05) is 41.4 Å². The summed E-state index contributed by atoms with van der Waals surface area (Å²) < 4.78 is 5.20. The number of pyridine rings is 1. The van der Waals surface area contributed by atoms with Crippen molar-refractivity contribution < 1.29 is 14.6 Å². The van der Waals surface area contributed by atoms with E-state index in [2.05, 4.69) is 11.1 Å². The first-order valence-corrected chi connectivity index (χ1v) is 10.7. The fourth-order valence-corrected chi connectivity index (χ4v) is 5.04. The van der Waals surface area contributed by atoms with E-state index in [-0.39, 0.29) is 11.8 Å². The van der Waals surface area contributed by atoms with Crippen LogP contribution in [0.3, 0.4) is 0 Å². The van der Waals surface area contributed by atoms with Gasteiger partial charge in [-0.15, -0.1) is 0 Å². The van der Waals surface area contributed by atoms with Gasteiger partial charge in [0.1, 0.15) is 5.75 Å². The lowest BCUT2D eigenvalue weighted by Crippen LogP contribution is -2.49. The third-order valence-electron chi connectivity index (χ3n) is 6.81. The maximum atomic E-state index is 13.6. The molecule has 0 radical (unpaired) electrons. The van der Waals surface area contributed by atoms with Gasteiger partial charge in [-0.05, 0) is 60.9 Å². The Morgan fingerprint density at radius 2 is 1.86 bits per heavy atom. The van der Waals surface area contributed by atoms with Crippen molar-refractivity contribution in [1.82, 2.24) is 9.88 Å². The van der Waals surface area contributed by atoms with Crippen molar-refractivity contribution in [2.75, 3.05) is 20.2 Å². The standard InChI is InChI=1S/C24H30N2O3/c1-29-21-8-6-18(7-9-21)22(27)19-10-15-26(16-11-19)23(28)24(12-2-3-13-24)20-5-4-14-25-17-20/h4-9,14,17,19,22,27H,2-3,10-13,15-16H2,1H3. The fraction of sp³-hybridized carbons (Fsp3) is 0.500. The Kier molecular flexibility index (Phi) is 5.86. The summed E-state index contributed by atoms with van der Waals surface area (Å²) in [6.07, 6.45) is 8.77. The highest BCUT2D eigenvalue weighted by molar-refractivity contribution is 5.88. The van der Waals surface area contributed by atoms with Gasteiger partial charge in [0.05, 0.1) is 18.6 Å². The quantitative estimate of drug-likeness (QED) is 0.836. The summed E-state index contributed by atoms with van der Waals surface area (Å²) in [6.45, 7) is 1.41. The van der Waals surface area contributed by atoms with Gasteiger partial charge in [0.2, 0.25) is 5.91 Å². The molecule has 2 fully saturated rings. The lowest BCUT2D eigenvalue weighted by Gasteiger charge is -2.39. The van der Waals surface area contributed by atoms with E-state index in [0.29, 0.717) is 13.1 Å². The van der Waals surface area contributed by atoms with Crippen LogP contribution in [0.25, 0.3) is 0 Å². The molecule has 1 aliphatic carbocycles. The number of likely N-dealkylation sites (tertiary alicyclic amines) is 1. The number of methoxy groups -OCH3 is 1. The molecule has 1 unspecified atom stereocenters. The van der Waals surface area contributed by atoms with Crippen LogP contribution in [0.1, 0.15) is 55.8 Å². The van der Waals surface area contributed by atoms with Crippen LogP contribution >= 0.6 is 0 Å². The third kappa shape index (κ3) is 3.88. The summed E-state index contributed by atoms with van der Waals surface area (Å²) in [7, 11) is 1.64. The highest BCUT2D eigenvalue weighted by Crippen LogP contribution is 2.43. The van der Waals surface area contributed by atoms with E-state index in [1.54, 1.807) is 13.3 Å². The summed E-state index contributed by atoms with van der Waals surface area (Å²) in [4.78, 5) is 19.9. The molecule has 5 heteroatoms. The number of hydrogen-bond acceptors (Lipinski definition) is 4. The van der Waals surface area contributed by atoms with E-state index in [1.165, 1.54) is 0 Å². The zero-order chi connectivity index (χ0) is 20.3. The van der Waals surface area contributed by atoms with Crippen molar-refractivity contribution in [3.8, 4) is 5.75 Å². The van der Waals surface area contributed by atoms with Crippen LogP contribution in [0.15, 0.2) is 48.8 Å². The van der Waals surface area contributed by atoms with Gasteiger partial charge in [0, 0.05) is 25.5 Å². The lowest BCUT2D eigenvalue weighted by atomic mass is 9.77. The number of nitrogens with zero attached hydrogens (tertiary/aromatic N) is 2. The summed E-state index contributed by atoms with van der Waals surface area (Å²) in [6, 6.07) is 11.6. The highest BCUT2D eigenvalue weighted by Gasteiger charge is 2.45. The summed E-state index contributed by atoms with van der Waals surface area (Å²) in [5.74, 6) is 1.21. The predicted octanol–water partition coefficient (Wildman–Crippen LogP) is 3.87. The molecule has 1 aromatic heterocycles. The van der Waals surface area contributed by atoms with Crippen LogP contribution in [0.2, 0.25) is 0 Å². The molecule has 2 aliphatic rings. The molecule has 0 bridgehead atoms. The number of ether oxygens (including phenoxy) is 1. The SMILES string of the molecule is COc1ccc(C(O)C2CCN(C(=O)C3(c4cccnc4)CCCC3)CC2)cc1.